The molecule has 0 saturated carbocycles. The van der Waals surface area contributed by atoms with Crippen LogP contribution in [0.3, 0.4) is 0 Å². The van der Waals surface area contributed by atoms with Crippen LogP contribution in [0.4, 0.5) is 0 Å². The fourth-order valence-electron chi connectivity index (χ4n) is 4.61. The average Bonchev–Trinajstić information content (AvgIpc) is 2.51. The van der Waals surface area contributed by atoms with Gasteiger partial charge in [0.2, 0.25) is 0 Å². The van der Waals surface area contributed by atoms with Gasteiger partial charge in [-0.25, -0.2) is 0 Å². The second-order valence-corrected chi connectivity index (χ2v) is 7.12. The van der Waals surface area contributed by atoms with Crippen LogP contribution in [-0.2, 0) is 5.41 Å². The Bertz CT molecular complexity index is 627. The number of rotatable bonds is 2. The van der Waals surface area contributed by atoms with Crippen molar-refractivity contribution in [1.82, 2.24) is 4.90 Å². The van der Waals surface area contributed by atoms with Gasteiger partial charge < -0.3 is 19.8 Å². The van der Waals surface area contributed by atoms with Crippen LogP contribution in [0.2, 0.25) is 0 Å². The Kier molecular flexibility index (Phi) is 4.15. The van der Waals surface area contributed by atoms with E-state index in [9.17, 15) is 10.2 Å². The predicted molar refractivity (Wildman–Crippen MR) is 91.0 cm³/mol. The number of nitrogens with zero attached hydrogens (tertiary/aromatic N) is 1. The molecule has 1 aliphatic carbocycles. The molecule has 4 heteroatoms. The number of phenols is 1. The summed E-state index contributed by atoms with van der Waals surface area (Å²) >= 11 is 0. The van der Waals surface area contributed by atoms with Crippen molar-refractivity contribution in [2.24, 2.45) is 5.92 Å². The predicted octanol–water partition coefficient (Wildman–Crippen LogP) is 2.61. The van der Waals surface area contributed by atoms with Crippen LogP contribution in [0.1, 0.15) is 30.9 Å². The molecule has 1 aromatic carbocycles. The van der Waals surface area contributed by atoms with Crippen molar-refractivity contribution in [2.45, 2.75) is 44.2 Å². The van der Waals surface area contributed by atoms with Crippen molar-refractivity contribution >= 4 is 0 Å². The van der Waals surface area contributed by atoms with Gasteiger partial charge in [0.1, 0.15) is 0 Å². The number of hydrogen-bond acceptors (Lipinski definition) is 4. The second kappa shape index (κ2) is 5.84. The number of methoxy groups -OCH3 is 1. The van der Waals surface area contributed by atoms with Gasteiger partial charge in [-0.1, -0.05) is 18.2 Å². The molecule has 2 aliphatic rings. The van der Waals surface area contributed by atoms with Crippen LogP contribution in [0, 0.1) is 12.8 Å². The fraction of sp³-hybridized carbons (Fsp3) is 0.579. The number of aliphatic hydroxyl groups is 1. The molecule has 0 aromatic heterocycles. The Morgan fingerprint density at radius 3 is 2.74 bits per heavy atom. The molecular weight excluding hydrogens is 290 g/mol. The minimum Gasteiger partial charge on any atom is -0.504 e. The number of fused-ring (bicyclic) bond motifs is 1. The molecule has 0 spiro atoms. The van der Waals surface area contributed by atoms with E-state index in [0.29, 0.717) is 18.2 Å². The highest BCUT2D eigenvalue weighted by atomic mass is 16.5. The van der Waals surface area contributed by atoms with E-state index in [4.69, 9.17) is 4.74 Å². The first-order valence-corrected chi connectivity index (χ1v) is 8.34. The summed E-state index contributed by atoms with van der Waals surface area (Å²) in [6.07, 6.45) is 5.15. The minimum absolute atomic E-state index is 0.233. The average molecular weight is 317 g/mol. The van der Waals surface area contributed by atoms with Crippen molar-refractivity contribution in [3.05, 3.63) is 35.4 Å². The minimum atomic E-state index is -0.466. The summed E-state index contributed by atoms with van der Waals surface area (Å²) in [4.78, 5) is 2.36. The Labute approximate surface area is 138 Å². The summed E-state index contributed by atoms with van der Waals surface area (Å²) < 4.78 is 5.34. The van der Waals surface area contributed by atoms with Crippen LogP contribution in [0.5, 0.6) is 11.5 Å². The molecule has 1 fully saturated rings. The third-order valence-electron chi connectivity index (χ3n) is 5.94. The number of aryl methyl sites for hydroxylation is 1. The van der Waals surface area contributed by atoms with Crippen LogP contribution >= 0.6 is 0 Å². The largest absolute Gasteiger partial charge is 0.504 e. The maximum absolute atomic E-state index is 10.8. The van der Waals surface area contributed by atoms with Gasteiger partial charge in [0.05, 0.1) is 13.2 Å². The molecule has 1 heterocycles. The third kappa shape index (κ3) is 2.45. The number of piperidine rings is 1. The zero-order chi connectivity index (χ0) is 16.8. The molecule has 4 nitrogen and oxygen atoms in total. The van der Waals surface area contributed by atoms with E-state index in [2.05, 4.69) is 24.9 Å². The number of likely N-dealkylation sites (tertiary alicyclic amines) is 1. The molecular formula is C19H27NO3. The van der Waals surface area contributed by atoms with Crippen LogP contribution in [-0.4, -0.2) is 48.0 Å². The quantitative estimate of drug-likeness (QED) is 0.823. The number of aliphatic hydroxyl groups excluding tert-OH is 1. The van der Waals surface area contributed by atoms with Crippen LogP contribution in [0.25, 0.3) is 0 Å². The smallest absolute Gasteiger partial charge is 0.161 e. The Morgan fingerprint density at radius 2 is 2.04 bits per heavy atom. The number of phenolic OH excluding ortho intramolecular Hbond substituents is 1. The number of hydrogen-bond donors (Lipinski definition) is 2. The summed E-state index contributed by atoms with van der Waals surface area (Å²) in [6, 6.07) is 4.18. The van der Waals surface area contributed by atoms with E-state index in [1.54, 1.807) is 7.11 Å². The van der Waals surface area contributed by atoms with Crippen molar-refractivity contribution in [3.63, 3.8) is 0 Å². The molecule has 1 aromatic rings. The molecule has 3 rings (SSSR count). The SMILES string of the molecule is COc1ccc(C)c(C23CCN(C)C(C)C2C=CC(O)C3)c1O. The normalized spacial score (nSPS) is 34.2. The van der Waals surface area contributed by atoms with Crippen LogP contribution in [0.15, 0.2) is 24.3 Å². The summed E-state index contributed by atoms with van der Waals surface area (Å²) in [6.45, 7) is 5.22. The molecule has 1 saturated heterocycles. The molecule has 23 heavy (non-hydrogen) atoms. The highest BCUT2D eigenvalue weighted by Gasteiger charge is 2.50. The van der Waals surface area contributed by atoms with E-state index in [0.717, 1.165) is 24.1 Å². The van der Waals surface area contributed by atoms with Gasteiger partial charge in [0.25, 0.3) is 0 Å². The molecule has 126 valence electrons. The van der Waals surface area contributed by atoms with E-state index >= 15 is 0 Å². The molecule has 0 radical (unpaired) electrons. The lowest BCUT2D eigenvalue weighted by Gasteiger charge is -2.53. The molecule has 4 unspecified atom stereocenters. The van der Waals surface area contributed by atoms with Gasteiger partial charge in [-0.15, -0.1) is 0 Å². The summed E-state index contributed by atoms with van der Waals surface area (Å²) in [7, 11) is 3.72. The molecule has 2 N–H and O–H groups in total. The van der Waals surface area contributed by atoms with Gasteiger partial charge in [0, 0.05) is 22.9 Å². The van der Waals surface area contributed by atoms with E-state index < -0.39 is 6.10 Å². The standard InChI is InChI=1S/C19H27NO3/c1-12-5-8-16(23-4)18(22)17(12)19-9-10-20(3)13(2)15(19)7-6-14(21)11-19/h5-8,13-15,21-22H,9-11H2,1-4H3. The maximum atomic E-state index is 10.8. The van der Waals surface area contributed by atoms with Crippen molar-refractivity contribution in [2.75, 3.05) is 20.7 Å². The number of ether oxygens (including phenoxy) is 1. The topological polar surface area (TPSA) is 52.9 Å². The Balaban J connectivity index is 2.20. The van der Waals surface area contributed by atoms with E-state index in [-0.39, 0.29) is 17.1 Å². The third-order valence-corrected chi connectivity index (χ3v) is 5.94. The summed E-state index contributed by atoms with van der Waals surface area (Å²) in [5, 5.41) is 21.2. The fourth-order valence-corrected chi connectivity index (χ4v) is 4.61. The first kappa shape index (κ1) is 16.3. The van der Waals surface area contributed by atoms with E-state index in [1.165, 1.54) is 0 Å². The van der Waals surface area contributed by atoms with E-state index in [1.807, 2.05) is 25.1 Å². The van der Waals surface area contributed by atoms with Crippen molar-refractivity contribution < 1.29 is 14.9 Å². The Hall–Kier alpha value is -1.52. The monoisotopic (exact) mass is 317 g/mol. The summed E-state index contributed by atoms with van der Waals surface area (Å²) in [5.41, 5.74) is 1.76. The highest BCUT2D eigenvalue weighted by molar-refractivity contribution is 5.54. The lowest BCUT2D eigenvalue weighted by Crippen LogP contribution is -2.55. The number of aromatic hydroxyl groups is 1. The number of benzene rings is 1. The zero-order valence-electron chi connectivity index (χ0n) is 14.4. The molecule has 0 amide bonds. The van der Waals surface area contributed by atoms with Crippen LogP contribution < -0.4 is 4.74 Å². The van der Waals surface area contributed by atoms with Gasteiger partial charge in [-0.05, 0) is 51.9 Å². The van der Waals surface area contributed by atoms with Crippen molar-refractivity contribution in [3.8, 4) is 11.5 Å². The van der Waals surface area contributed by atoms with Gasteiger partial charge in [-0.2, -0.15) is 0 Å². The lowest BCUT2D eigenvalue weighted by atomic mass is 9.57. The van der Waals surface area contributed by atoms with Gasteiger partial charge >= 0.3 is 0 Å². The zero-order valence-corrected chi connectivity index (χ0v) is 14.4. The molecule has 1 aliphatic heterocycles. The maximum Gasteiger partial charge on any atom is 0.161 e. The Morgan fingerprint density at radius 1 is 1.30 bits per heavy atom. The van der Waals surface area contributed by atoms with Gasteiger partial charge in [-0.3, -0.25) is 0 Å². The molecule has 4 atom stereocenters. The molecule has 0 bridgehead atoms. The first-order valence-electron chi connectivity index (χ1n) is 8.34. The second-order valence-electron chi connectivity index (χ2n) is 7.12. The summed E-state index contributed by atoms with van der Waals surface area (Å²) in [5.74, 6) is 1.01. The van der Waals surface area contributed by atoms with Crippen molar-refractivity contribution in [1.29, 1.82) is 0 Å². The highest BCUT2D eigenvalue weighted by Crippen LogP contribution is 2.53. The first-order chi connectivity index (χ1) is 10.9. The lowest BCUT2D eigenvalue weighted by molar-refractivity contribution is 0.0371. The van der Waals surface area contributed by atoms with Gasteiger partial charge in [0.15, 0.2) is 11.5 Å².